The number of amides is 1. The predicted molar refractivity (Wildman–Crippen MR) is 86.9 cm³/mol. The molecule has 0 aliphatic rings. The number of fused-ring (bicyclic) bond motifs is 1. The maximum absolute atomic E-state index is 12.4. The number of carbonyl (C=O) groups is 1. The predicted octanol–water partition coefficient (Wildman–Crippen LogP) is 2.88. The zero-order valence-corrected chi connectivity index (χ0v) is 13.4. The average molecular weight is 331 g/mol. The summed E-state index contributed by atoms with van der Waals surface area (Å²) in [5.74, 6) is 0.422. The molecule has 118 valence electrons. The lowest BCUT2D eigenvalue weighted by Gasteiger charge is -2.14. The molecule has 1 aromatic carbocycles. The molecule has 0 saturated heterocycles. The van der Waals surface area contributed by atoms with Gasteiger partial charge in [0.2, 0.25) is 0 Å². The Morgan fingerprint density at radius 1 is 1.35 bits per heavy atom. The third kappa shape index (κ3) is 2.98. The Balaban J connectivity index is 1.80. The van der Waals surface area contributed by atoms with Gasteiger partial charge < -0.3 is 10.1 Å². The van der Waals surface area contributed by atoms with Crippen LogP contribution in [0.2, 0.25) is 5.02 Å². The van der Waals surface area contributed by atoms with Crippen molar-refractivity contribution in [1.82, 2.24) is 19.9 Å². The minimum atomic E-state index is -0.344. The molecule has 2 aromatic heterocycles. The van der Waals surface area contributed by atoms with Crippen LogP contribution < -0.4 is 10.1 Å². The van der Waals surface area contributed by atoms with E-state index >= 15 is 0 Å². The molecule has 0 spiro atoms. The standard InChI is InChI=1S/C16H15ClN4O2/c1-10(11-4-6-12(23-2)7-5-11)19-16(22)14-13(17)15-18-8-3-9-21(15)20-14/h3-10H,1-2H3,(H,19,22). The molecule has 0 aliphatic heterocycles. The molecule has 0 saturated carbocycles. The number of halogens is 1. The molecule has 3 aromatic rings. The fourth-order valence-corrected chi connectivity index (χ4v) is 2.50. The van der Waals surface area contributed by atoms with Crippen molar-refractivity contribution < 1.29 is 9.53 Å². The van der Waals surface area contributed by atoms with Crippen molar-refractivity contribution in [2.24, 2.45) is 0 Å². The highest BCUT2D eigenvalue weighted by atomic mass is 35.5. The van der Waals surface area contributed by atoms with Gasteiger partial charge in [-0.15, -0.1) is 0 Å². The lowest BCUT2D eigenvalue weighted by atomic mass is 10.1. The van der Waals surface area contributed by atoms with Crippen LogP contribution in [0.25, 0.3) is 5.65 Å². The van der Waals surface area contributed by atoms with Gasteiger partial charge in [-0.05, 0) is 30.7 Å². The summed E-state index contributed by atoms with van der Waals surface area (Å²) in [6.45, 7) is 1.89. The monoisotopic (exact) mass is 330 g/mol. The number of rotatable bonds is 4. The number of aromatic nitrogens is 3. The minimum absolute atomic E-state index is 0.158. The van der Waals surface area contributed by atoms with E-state index in [1.807, 2.05) is 31.2 Å². The highest BCUT2D eigenvalue weighted by Crippen LogP contribution is 2.22. The van der Waals surface area contributed by atoms with Gasteiger partial charge in [0.25, 0.3) is 5.91 Å². The van der Waals surface area contributed by atoms with E-state index in [4.69, 9.17) is 16.3 Å². The van der Waals surface area contributed by atoms with E-state index in [2.05, 4.69) is 15.4 Å². The Morgan fingerprint density at radius 2 is 2.09 bits per heavy atom. The number of hydrogen-bond donors (Lipinski definition) is 1. The molecule has 2 heterocycles. The highest BCUT2D eigenvalue weighted by Gasteiger charge is 2.20. The molecule has 0 aliphatic carbocycles. The molecule has 6 nitrogen and oxygen atoms in total. The molecule has 1 N–H and O–H groups in total. The van der Waals surface area contributed by atoms with Crippen LogP contribution in [0.5, 0.6) is 5.75 Å². The lowest BCUT2D eigenvalue weighted by Crippen LogP contribution is -2.27. The molecular formula is C16H15ClN4O2. The third-order valence-corrected chi connectivity index (χ3v) is 3.87. The fraction of sp³-hybridized carbons (Fsp3) is 0.188. The van der Waals surface area contributed by atoms with E-state index < -0.39 is 0 Å². The van der Waals surface area contributed by atoms with Crippen LogP contribution in [0, 0.1) is 0 Å². The maximum atomic E-state index is 12.4. The van der Waals surface area contributed by atoms with Crippen molar-refractivity contribution in [1.29, 1.82) is 0 Å². The normalized spacial score (nSPS) is 12.1. The Kier molecular flexibility index (Phi) is 4.16. The van der Waals surface area contributed by atoms with E-state index in [1.165, 1.54) is 4.52 Å². The van der Waals surface area contributed by atoms with E-state index in [1.54, 1.807) is 25.6 Å². The molecule has 23 heavy (non-hydrogen) atoms. The molecular weight excluding hydrogens is 316 g/mol. The average Bonchev–Trinajstić information content (AvgIpc) is 2.92. The first-order valence-corrected chi connectivity index (χ1v) is 7.41. The summed E-state index contributed by atoms with van der Waals surface area (Å²) in [5.41, 5.74) is 1.57. The Bertz CT molecular complexity index is 845. The molecule has 7 heteroatoms. The van der Waals surface area contributed by atoms with Gasteiger partial charge in [0, 0.05) is 12.4 Å². The van der Waals surface area contributed by atoms with Crippen LogP contribution in [-0.4, -0.2) is 27.6 Å². The number of nitrogens with one attached hydrogen (secondary N) is 1. The van der Waals surface area contributed by atoms with Gasteiger partial charge in [-0.1, -0.05) is 23.7 Å². The summed E-state index contributed by atoms with van der Waals surface area (Å²) >= 11 is 6.20. The number of nitrogens with zero attached hydrogens (tertiary/aromatic N) is 3. The van der Waals surface area contributed by atoms with E-state index in [0.29, 0.717) is 5.65 Å². The van der Waals surface area contributed by atoms with Crippen molar-refractivity contribution in [3.05, 3.63) is 59.0 Å². The molecule has 1 amide bonds. The summed E-state index contributed by atoms with van der Waals surface area (Å²) in [6.07, 6.45) is 3.29. The molecule has 0 bridgehead atoms. The summed E-state index contributed by atoms with van der Waals surface area (Å²) in [5, 5.41) is 7.30. The topological polar surface area (TPSA) is 68.5 Å². The molecule has 0 radical (unpaired) electrons. The Morgan fingerprint density at radius 3 is 2.74 bits per heavy atom. The van der Waals surface area contributed by atoms with Gasteiger partial charge in [0.05, 0.1) is 13.2 Å². The van der Waals surface area contributed by atoms with E-state index in [-0.39, 0.29) is 22.7 Å². The van der Waals surface area contributed by atoms with Crippen LogP contribution >= 0.6 is 11.6 Å². The van der Waals surface area contributed by atoms with Crippen LogP contribution in [-0.2, 0) is 0 Å². The van der Waals surface area contributed by atoms with Crippen LogP contribution in [0.1, 0.15) is 29.0 Å². The van der Waals surface area contributed by atoms with Crippen LogP contribution in [0.3, 0.4) is 0 Å². The minimum Gasteiger partial charge on any atom is -0.497 e. The van der Waals surface area contributed by atoms with Gasteiger partial charge in [-0.25, -0.2) is 9.50 Å². The first kappa shape index (κ1) is 15.3. The second kappa shape index (κ2) is 6.26. The Hall–Kier alpha value is -2.60. The number of ether oxygens (including phenoxy) is 1. The fourth-order valence-electron chi connectivity index (χ4n) is 2.24. The third-order valence-electron chi connectivity index (χ3n) is 3.52. The van der Waals surface area contributed by atoms with Gasteiger partial charge in [-0.3, -0.25) is 4.79 Å². The molecule has 1 unspecified atom stereocenters. The van der Waals surface area contributed by atoms with Crippen molar-refractivity contribution in [3.8, 4) is 5.75 Å². The van der Waals surface area contributed by atoms with Crippen molar-refractivity contribution in [3.63, 3.8) is 0 Å². The number of hydrogen-bond acceptors (Lipinski definition) is 4. The largest absolute Gasteiger partial charge is 0.497 e. The van der Waals surface area contributed by atoms with E-state index in [0.717, 1.165) is 11.3 Å². The maximum Gasteiger partial charge on any atom is 0.273 e. The van der Waals surface area contributed by atoms with Gasteiger partial charge in [-0.2, -0.15) is 5.10 Å². The lowest BCUT2D eigenvalue weighted by molar-refractivity contribution is 0.0934. The summed E-state index contributed by atoms with van der Waals surface area (Å²) in [4.78, 5) is 16.5. The van der Waals surface area contributed by atoms with E-state index in [9.17, 15) is 4.79 Å². The number of benzene rings is 1. The zero-order chi connectivity index (χ0) is 16.4. The number of carbonyl (C=O) groups excluding carboxylic acids is 1. The SMILES string of the molecule is COc1ccc(C(C)NC(=O)c2nn3cccnc3c2Cl)cc1. The molecule has 1 atom stereocenters. The molecule has 3 rings (SSSR count). The zero-order valence-electron chi connectivity index (χ0n) is 12.7. The van der Waals surface area contributed by atoms with Gasteiger partial charge in [0.1, 0.15) is 10.8 Å². The second-order valence-electron chi connectivity index (χ2n) is 5.02. The summed E-state index contributed by atoms with van der Waals surface area (Å²) in [7, 11) is 1.61. The summed E-state index contributed by atoms with van der Waals surface area (Å²) in [6, 6.07) is 9.02. The van der Waals surface area contributed by atoms with Crippen LogP contribution in [0.15, 0.2) is 42.7 Å². The van der Waals surface area contributed by atoms with Crippen molar-refractivity contribution >= 4 is 23.2 Å². The second-order valence-corrected chi connectivity index (χ2v) is 5.40. The number of methoxy groups -OCH3 is 1. The summed E-state index contributed by atoms with van der Waals surface area (Å²) < 4.78 is 6.61. The molecule has 0 fully saturated rings. The van der Waals surface area contributed by atoms with Gasteiger partial charge in [0.15, 0.2) is 11.3 Å². The first-order chi connectivity index (χ1) is 11.1. The first-order valence-electron chi connectivity index (χ1n) is 7.04. The smallest absolute Gasteiger partial charge is 0.273 e. The van der Waals surface area contributed by atoms with Crippen molar-refractivity contribution in [2.75, 3.05) is 7.11 Å². The van der Waals surface area contributed by atoms with Crippen molar-refractivity contribution in [2.45, 2.75) is 13.0 Å². The Labute approximate surface area is 138 Å². The quantitative estimate of drug-likeness (QED) is 0.798. The van der Waals surface area contributed by atoms with Crippen LogP contribution in [0.4, 0.5) is 0 Å². The van der Waals surface area contributed by atoms with Gasteiger partial charge >= 0.3 is 0 Å². The highest BCUT2D eigenvalue weighted by molar-refractivity contribution is 6.36.